The Kier molecular flexibility index (Phi) is 4.27. The molecular formula is C22H21ClN4O3. The number of aromatic nitrogens is 3. The molecule has 7 nitrogen and oxygen atoms in total. The van der Waals surface area contributed by atoms with Gasteiger partial charge >= 0.3 is 5.69 Å². The van der Waals surface area contributed by atoms with Crippen LogP contribution in [0.2, 0.25) is 5.22 Å². The van der Waals surface area contributed by atoms with Crippen molar-refractivity contribution >= 4 is 22.5 Å². The maximum Gasteiger partial charge on any atom is 0.331 e. The van der Waals surface area contributed by atoms with E-state index in [1.54, 1.807) is 17.7 Å². The van der Waals surface area contributed by atoms with E-state index in [0.29, 0.717) is 35.0 Å². The molecule has 1 aromatic carbocycles. The van der Waals surface area contributed by atoms with Gasteiger partial charge in [0.05, 0.1) is 22.3 Å². The molecule has 30 heavy (non-hydrogen) atoms. The summed E-state index contributed by atoms with van der Waals surface area (Å²) in [4.78, 5) is 26.1. The van der Waals surface area contributed by atoms with Crippen LogP contribution in [0.1, 0.15) is 23.1 Å². The second kappa shape index (κ2) is 6.75. The monoisotopic (exact) mass is 424 g/mol. The Morgan fingerprint density at radius 3 is 2.63 bits per heavy atom. The maximum atomic E-state index is 13.3. The van der Waals surface area contributed by atoms with E-state index >= 15 is 0 Å². The van der Waals surface area contributed by atoms with Crippen LogP contribution in [-0.4, -0.2) is 20.2 Å². The molecule has 1 unspecified atom stereocenters. The quantitative estimate of drug-likeness (QED) is 0.537. The zero-order valence-corrected chi connectivity index (χ0v) is 17.7. The van der Waals surface area contributed by atoms with Gasteiger partial charge in [-0.05, 0) is 42.3 Å². The number of hydrogen-bond donors (Lipinski definition) is 1. The molecule has 1 atom stereocenters. The molecule has 0 fully saturated rings. The van der Waals surface area contributed by atoms with Gasteiger partial charge in [-0.25, -0.2) is 4.79 Å². The number of furan rings is 1. The molecule has 0 saturated carbocycles. The van der Waals surface area contributed by atoms with Crippen LogP contribution in [0.4, 0.5) is 0 Å². The van der Waals surface area contributed by atoms with Crippen molar-refractivity contribution in [1.29, 1.82) is 0 Å². The highest BCUT2D eigenvalue weighted by atomic mass is 35.5. The van der Waals surface area contributed by atoms with Crippen molar-refractivity contribution in [2.75, 3.05) is 6.54 Å². The van der Waals surface area contributed by atoms with Crippen LogP contribution >= 0.6 is 11.6 Å². The van der Waals surface area contributed by atoms with Gasteiger partial charge in [0, 0.05) is 27.2 Å². The highest BCUT2D eigenvalue weighted by molar-refractivity contribution is 6.28. The van der Waals surface area contributed by atoms with E-state index in [0.717, 1.165) is 22.5 Å². The second-order valence-electron chi connectivity index (χ2n) is 7.71. The fraction of sp³-hybridized carbons (Fsp3) is 0.273. The lowest BCUT2D eigenvalue weighted by Gasteiger charge is -2.27. The lowest BCUT2D eigenvalue weighted by Crippen LogP contribution is -2.38. The number of nitrogens with one attached hydrogen (secondary N) is 1. The van der Waals surface area contributed by atoms with Gasteiger partial charge < -0.3 is 14.3 Å². The summed E-state index contributed by atoms with van der Waals surface area (Å²) in [6.07, 6.45) is 0. The highest BCUT2D eigenvalue weighted by Crippen LogP contribution is 2.39. The Morgan fingerprint density at radius 1 is 1.13 bits per heavy atom. The first-order chi connectivity index (χ1) is 14.4. The first-order valence-corrected chi connectivity index (χ1v) is 10.1. The van der Waals surface area contributed by atoms with Crippen LogP contribution in [0.15, 0.2) is 50.4 Å². The van der Waals surface area contributed by atoms with Gasteiger partial charge in [0.2, 0.25) is 0 Å². The molecule has 0 radical (unpaired) electrons. The highest BCUT2D eigenvalue weighted by Gasteiger charge is 2.33. The topological polar surface area (TPSA) is 74.1 Å². The van der Waals surface area contributed by atoms with Crippen LogP contribution in [0, 0.1) is 6.92 Å². The molecule has 8 heteroatoms. The van der Waals surface area contributed by atoms with E-state index < -0.39 is 0 Å². The third-order valence-corrected chi connectivity index (χ3v) is 6.04. The zero-order chi connectivity index (χ0) is 21.2. The molecule has 3 aromatic heterocycles. The smallest absolute Gasteiger partial charge is 0.331 e. The van der Waals surface area contributed by atoms with Crippen molar-refractivity contribution in [2.24, 2.45) is 14.1 Å². The van der Waals surface area contributed by atoms with Crippen LogP contribution in [0.25, 0.3) is 22.2 Å². The number of hydrogen-bond acceptors (Lipinski definition) is 4. The predicted molar refractivity (Wildman–Crippen MR) is 116 cm³/mol. The molecule has 4 aromatic rings. The lowest BCUT2D eigenvalue weighted by molar-refractivity contribution is 0.399. The molecule has 1 N–H and O–H groups in total. The standard InChI is InChI=1S/C22H21ClN4O3/c1-12-5-4-6-13(11-12)18-16-19(25(2)22(29)26(3)21(16)28)20-17(24-9-10-27(18)20)14-7-8-15(23)30-14/h4-8,11,17,24H,9-10H2,1-3H3. The van der Waals surface area contributed by atoms with E-state index in [-0.39, 0.29) is 17.3 Å². The minimum Gasteiger partial charge on any atom is -0.448 e. The Bertz CT molecular complexity index is 1420. The average Bonchev–Trinajstić information content (AvgIpc) is 3.32. The van der Waals surface area contributed by atoms with Crippen molar-refractivity contribution in [3.8, 4) is 11.3 Å². The first kappa shape index (κ1) is 19.0. The number of rotatable bonds is 2. The van der Waals surface area contributed by atoms with Gasteiger partial charge in [-0.15, -0.1) is 0 Å². The number of nitrogens with zero attached hydrogens (tertiary/aromatic N) is 3. The molecule has 5 rings (SSSR count). The summed E-state index contributed by atoms with van der Waals surface area (Å²) in [7, 11) is 3.22. The van der Waals surface area contributed by atoms with E-state index in [1.165, 1.54) is 11.6 Å². The SMILES string of the molecule is Cc1cccc(-c2c3c(=O)n(C)c(=O)n(C)c3c3n2CCNC3c2ccc(Cl)o2)c1. The van der Waals surface area contributed by atoms with E-state index in [9.17, 15) is 9.59 Å². The number of fused-ring (bicyclic) bond motifs is 3. The van der Waals surface area contributed by atoms with E-state index in [4.69, 9.17) is 16.0 Å². The van der Waals surface area contributed by atoms with Gasteiger partial charge in [0.15, 0.2) is 5.22 Å². The van der Waals surface area contributed by atoms with Crippen LogP contribution in [0.3, 0.4) is 0 Å². The Hall–Kier alpha value is -3.03. The maximum absolute atomic E-state index is 13.3. The van der Waals surface area contributed by atoms with Crippen LogP contribution in [-0.2, 0) is 20.6 Å². The molecule has 154 valence electrons. The largest absolute Gasteiger partial charge is 0.448 e. The molecule has 0 spiro atoms. The number of halogens is 1. The van der Waals surface area contributed by atoms with Gasteiger partial charge in [-0.3, -0.25) is 13.9 Å². The lowest BCUT2D eigenvalue weighted by atomic mass is 10.1. The van der Waals surface area contributed by atoms with E-state index in [2.05, 4.69) is 16.0 Å². The molecule has 0 aliphatic carbocycles. The first-order valence-electron chi connectivity index (χ1n) is 9.76. The third kappa shape index (κ3) is 2.62. The summed E-state index contributed by atoms with van der Waals surface area (Å²) in [6, 6.07) is 11.3. The van der Waals surface area contributed by atoms with Gasteiger partial charge in [-0.2, -0.15) is 0 Å². The normalized spacial score (nSPS) is 16.2. The zero-order valence-electron chi connectivity index (χ0n) is 16.9. The fourth-order valence-corrected chi connectivity index (χ4v) is 4.65. The minimum atomic E-state index is -0.363. The molecule has 1 aliphatic rings. The predicted octanol–water partition coefficient (Wildman–Crippen LogP) is 2.95. The van der Waals surface area contributed by atoms with Crippen LogP contribution in [0.5, 0.6) is 0 Å². The summed E-state index contributed by atoms with van der Waals surface area (Å²) in [5.41, 5.74) is 3.65. The van der Waals surface area contributed by atoms with Crippen molar-refractivity contribution in [3.63, 3.8) is 0 Å². The van der Waals surface area contributed by atoms with Crippen LogP contribution < -0.4 is 16.6 Å². The van der Waals surface area contributed by atoms with E-state index in [1.807, 2.05) is 31.2 Å². The number of aryl methyl sites for hydroxylation is 2. The van der Waals surface area contributed by atoms with Gasteiger partial charge in [0.25, 0.3) is 5.56 Å². The second-order valence-corrected chi connectivity index (χ2v) is 8.09. The van der Waals surface area contributed by atoms with Crippen molar-refractivity contribution in [3.05, 3.63) is 79.5 Å². The summed E-state index contributed by atoms with van der Waals surface area (Å²) >= 11 is 6.04. The molecule has 0 bridgehead atoms. The minimum absolute atomic E-state index is 0.295. The third-order valence-electron chi connectivity index (χ3n) is 5.83. The van der Waals surface area contributed by atoms with Crippen molar-refractivity contribution in [1.82, 2.24) is 19.0 Å². The Balaban J connectivity index is 1.97. The van der Waals surface area contributed by atoms with Crippen molar-refractivity contribution in [2.45, 2.75) is 19.5 Å². The average molecular weight is 425 g/mol. The van der Waals surface area contributed by atoms with Crippen molar-refractivity contribution < 1.29 is 4.42 Å². The summed E-state index contributed by atoms with van der Waals surface area (Å²) in [5.74, 6) is 0.643. The fourth-order valence-electron chi connectivity index (χ4n) is 4.49. The Morgan fingerprint density at radius 2 is 1.93 bits per heavy atom. The van der Waals surface area contributed by atoms with Gasteiger partial charge in [-0.1, -0.05) is 23.8 Å². The summed E-state index contributed by atoms with van der Waals surface area (Å²) < 4.78 is 10.6. The molecule has 0 saturated heterocycles. The summed E-state index contributed by atoms with van der Waals surface area (Å²) in [5, 5.41) is 4.29. The molecule has 4 heterocycles. The molecular weight excluding hydrogens is 404 g/mol. The molecule has 1 aliphatic heterocycles. The Labute approximate surface area is 177 Å². The number of benzene rings is 1. The summed E-state index contributed by atoms with van der Waals surface area (Å²) in [6.45, 7) is 3.37. The molecule has 0 amide bonds. The van der Waals surface area contributed by atoms with Gasteiger partial charge in [0.1, 0.15) is 11.8 Å².